The Labute approximate surface area is 281 Å². The molecule has 1 aromatic heterocycles. The first kappa shape index (κ1) is 33.4. The summed E-state index contributed by atoms with van der Waals surface area (Å²) in [7, 11) is 0. The van der Waals surface area contributed by atoms with Crippen molar-refractivity contribution in [3.8, 4) is 11.3 Å². The van der Waals surface area contributed by atoms with Gasteiger partial charge in [-0.2, -0.15) is 0 Å². The number of piperidine rings is 1. The summed E-state index contributed by atoms with van der Waals surface area (Å²) in [4.78, 5) is 14.9. The molecule has 6 rings (SSSR count). The molecule has 1 aliphatic heterocycles. The van der Waals surface area contributed by atoms with Crippen LogP contribution in [0.5, 0.6) is 0 Å². The Morgan fingerprint density at radius 1 is 1.17 bits per heavy atom. The Bertz CT molecular complexity index is 1560. The molecule has 46 heavy (non-hydrogen) atoms. The molecule has 2 aromatic carbocycles. The van der Waals surface area contributed by atoms with Gasteiger partial charge in [-0.25, -0.2) is 8.60 Å². The lowest BCUT2D eigenvalue weighted by Gasteiger charge is -2.33. The molecule has 1 amide bonds. The summed E-state index contributed by atoms with van der Waals surface area (Å²) in [5.41, 5.74) is 2.74. The monoisotopic (exact) mass is 691 g/mol. The normalized spacial score (nSPS) is 21.9. The third-order valence-electron chi connectivity index (χ3n) is 9.51. The molecule has 8 nitrogen and oxygen atoms in total. The molecule has 1 saturated heterocycles. The van der Waals surface area contributed by atoms with Crippen molar-refractivity contribution in [1.29, 1.82) is 0 Å². The molecule has 2 aliphatic carbocycles. The van der Waals surface area contributed by atoms with Gasteiger partial charge in [0.15, 0.2) is 11.1 Å². The first-order valence-corrected chi connectivity index (χ1v) is 18.2. The largest absolute Gasteiger partial charge is 0.373 e. The minimum atomic E-state index is -2.21. The zero-order valence-corrected chi connectivity index (χ0v) is 28.2. The van der Waals surface area contributed by atoms with Crippen LogP contribution in [0.2, 0.25) is 10.0 Å². The van der Waals surface area contributed by atoms with Gasteiger partial charge in [0.25, 0.3) is 5.91 Å². The first-order chi connectivity index (χ1) is 22.2. The molecule has 0 radical (unpaired) electrons. The van der Waals surface area contributed by atoms with Gasteiger partial charge in [-0.1, -0.05) is 73.5 Å². The Morgan fingerprint density at radius 2 is 1.93 bits per heavy atom. The smallest absolute Gasteiger partial charge is 0.252 e. The van der Waals surface area contributed by atoms with E-state index in [-0.39, 0.29) is 23.6 Å². The van der Waals surface area contributed by atoms with Crippen molar-refractivity contribution < 1.29 is 27.2 Å². The maximum absolute atomic E-state index is 15.4. The molecule has 3 aromatic rings. The average molecular weight is 693 g/mol. The van der Waals surface area contributed by atoms with Gasteiger partial charge >= 0.3 is 0 Å². The molecule has 3 aliphatic rings. The SMILES string of the molecule is CCCCCCCC(NC(=O)c1ccc(N2C[C@@H]3C[C@H]2C[C@H]3OCc2c(-c3c(Cl)cccc3Cl)noc2C2CC2)c(F)c1)S(=O)O. The van der Waals surface area contributed by atoms with E-state index in [0.717, 1.165) is 69.1 Å². The van der Waals surface area contributed by atoms with Crippen LogP contribution in [0.4, 0.5) is 10.1 Å². The zero-order valence-electron chi connectivity index (χ0n) is 25.9. The van der Waals surface area contributed by atoms with Gasteiger partial charge in [-0.05, 0) is 62.4 Å². The van der Waals surface area contributed by atoms with Crippen molar-refractivity contribution in [2.75, 3.05) is 11.4 Å². The summed E-state index contributed by atoms with van der Waals surface area (Å²) in [6.07, 6.45) is 9.08. The third-order valence-corrected chi connectivity index (χ3v) is 11.0. The zero-order chi connectivity index (χ0) is 32.4. The maximum atomic E-state index is 15.4. The number of benzene rings is 2. The van der Waals surface area contributed by atoms with E-state index in [1.54, 1.807) is 30.3 Å². The third kappa shape index (κ3) is 7.31. The highest BCUT2D eigenvalue weighted by atomic mass is 35.5. The second-order valence-corrected chi connectivity index (χ2v) is 14.7. The van der Waals surface area contributed by atoms with Crippen LogP contribution in [0.25, 0.3) is 11.3 Å². The van der Waals surface area contributed by atoms with E-state index in [0.29, 0.717) is 52.5 Å². The number of carbonyl (C=O) groups excluding carboxylic acids is 1. The second-order valence-electron chi connectivity index (χ2n) is 12.7. The lowest BCUT2D eigenvalue weighted by Crippen LogP contribution is -2.39. The van der Waals surface area contributed by atoms with Gasteiger partial charge in [0.2, 0.25) is 0 Å². The van der Waals surface area contributed by atoms with E-state index in [4.69, 9.17) is 32.5 Å². The van der Waals surface area contributed by atoms with Crippen LogP contribution in [-0.2, 0) is 22.4 Å². The fourth-order valence-electron chi connectivity index (χ4n) is 6.91. The summed E-state index contributed by atoms with van der Waals surface area (Å²) < 4.78 is 49.3. The molecule has 12 heteroatoms. The number of rotatable bonds is 15. The van der Waals surface area contributed by atoms with Crippen LogP contribution in [0, 0.1) is 11.7 Å². The molecule has 2 unspecified atom stereocenters. The Balaban J connectivity index is 1.07. The number of hydrogen-bond acceptors (Lipinski definition) is 6. The van der Waals surface area contributed by atoms with E-state index >= 15 is 4.39 Å². The van der Waals surface area contributed by atoms with E-state index < -0.39 is 28.2 Å². The Hall–Kier alpha value is -2.50. The number of aromatic nitrogens is 1. The van der Waals surface area contributed by atoms with Crippen molar-refractivity contribution in [3.05, 3.63) is 69.1 Å². The van der Waals surface area contributed by atoms with Crippen LogP contribution in [-0.4, -0.2) is 43.9 Å². The molecule has 2 saturated carbocycles. The predicted octanol–water partition coefficient (Wildman–Crippen LogP) is 8.49. The minimum Gasteiger partial charge on any atom is -0.373 e. The molecule has 2 heterocycles. The number of ether oxygens (including phenoxy) is 1. The number of halogens is 3. The van der Waals surface area contributed by atoms with Crippen molar-refractivity contribution >= 4 is 45.9 Å². The average Bonchev–Trinajstić information content (AvgIpc) is 3.48. The molecule has 3 fully saturated rings. The highest BCUT2D eigenvalue weighted by Crippen LogP contribution is 2.47. The number of fused-ring (bicyclic) bond motifs is 2. The number of nitrogens with one attached hydrogen (secondary N) is 1. The number of hydrogen-bond donors (Lipinski definition) is 2. The molecular formula is C34H40Cl2FN3O5S. The van der Waals surface area contributed by atoms with Crippen LogP contribution in [0.3, 0.4) is 0 Å². The van der Waals surface area contributed by atoms with Crippen molar-refractivity contribution in [1.82, 2.24) is 10.5 Å². The number of nitrogens with zero attached hydrogens (tertiary/aromatic N) is 2. The summed E-state index contributed by atoms with van der Waals surface area (Å²) in [6.45, 7) is 3.10. The maximum Gasteiger partial charge on any atom is 0.252 e. The lowest BCUT2D eigenvalue weighted by molar-refractivity contribution is 0.0122. The van der Waals surface area contributed by atoms with E-state index in [2.05, 4.69) is 22.3 Å². The van der Waals surface area contributed by atoms with Crippen LogP contribution in [0.1, 0.15) is 98.7 Å². The van der Waals surface area contributed by atoms with Crippen LogP contribution >= 0.6 is 23.2 Å². The van der Waals surface area contributed by atoms with Crippen molar-refractivity contribution in [3.63, 3.8) is 0 Å². The van der Waals surface area contributed by atoms with Gasteiger partial charge in [0.1, 0.15) is 22.6 Å². The lowest BCUT2D eigenvalue weighted by atomic mass is 10.0. The molecular weight excluding hydrogens is 652 g/mol. The molecule has 2 N–H and O–H groups in total. The second kappa shape index (κ2) is 14.7. The molecule has 0 spiro atoms. The van der Waals surface area contributed by atoms with E-state index in [1.165, 1.54) is 6.07 Å². The summed E-state index contributed by atoms with van der Waals surface area (Å²) in [5, 5.41) is 7.10. The Kier molecular flexibility index (Phi) is 10.7. The topological polar surface area (TPSA) is 105 Å². The standard InChI is InChI=1S/C34H40Cl2FN3O5S/c1-2-3-4-5-6-10-30(46(42)43)38-34(41)21-13-14-28(27(37)16-21)40-18-22-15-23(40)17-29(22)44-19-24-32(39-45-33(24)20-11-12-20)31-25(35)8-7-9-26(31)36/h7-9,13-14,16,20,22-23,29-30H,2-6,10-12,15,17-19H2,1H3,(H,38,41)(H,42,43)/t22-,23-,29+,30?/m0/s1. The molecule has 2 bridgehead atoms. The van der Waals surface area contributed by atoms with Gasteiger partial charge in [0.05, 0.1) is 28.4 Å². The number of unbranched alkanes of at least 4 members (excludes halogenated alkanes) is 4. The van der Waals surface area contributed by atoms with Crippen LogP contribution in [0.15, 0.2) is 40.9 Å². The highest BCUT2D eigenvalue weighted by Gasteiger charge is 2.46. The van der Waals surface area contributed by atoms with Crippen LogP contribution < -0.4 is 10.2 Å². The van der Waals surface area contributed by atoms with Gasteiger partial charge < -0.3 is 24.0 Å². The summed E-state index contributed by atoms with van der Waals surface area (Å²) in [6, 6.07) is 9.91. The van der Waals surface area contributed by atoms with Gasteiger partial charge in [-0.15, -0.1) is 0 Å². The van der Waals surface area contributed by atoms with E-state index in [9.17, 15) is 13.6 Å². The van der Waals surface area contributed by atoms with E-state index in [1.807, 2.05) is 0 Å². The van der Waals surface area contributed by atoms with Crippen molar-refractivity contribution in [2.24, 2.45) is 5.92 Å². The number of carbonyl (C=O) groups is 1. The highest BCUT2D eigenvalue weighted by molar-refractivity contribution is 7.79. The quantitative estimate of drug-likeness (QED) is 0.122. The Morgan fingerprint density at radius 3 is 2.59 bits per heavy atom. The number of amides is 1. The first-order valence-electron chi connectivity index (χ1n) is 16.3. The summed E-state index contributed by atoms with van der Waals surface area (Å²) in [5.74, 6) is 0.349. The molecule has 248 valence electrons. The van der Waals surface area contributed by atoms with Gasteiger partial charge in [0, 0.05) is 41.1 Å². The fraction of sp³-hybridized carbons (Fsp3) is 0.529. The van der Waals surface area contributed by atoms with Crippen molar-refractivity contribution in [2.45, 2.75) is 101 Å². The predicted molar refractivity (Wildman–Crippen MR) is 178 cm³/mol. The number of anilines is 1. The fourth-order valence-corrected chi connectivity index (χ4v) is 8.06. The molecule has 5 atom stereocenters. The van der Waals surface area contributed by atoms with Gasteiger partial charge in [-0.3, -0.25) is 4.79 Å². The summed E-state index contributed by atoms with van der Waals surface area (Å²) >= 11 is 10.8. The minimum absolute atomic E-state index is 0.00383.